The summed E-state index contributed by atoms with van der Waals surface area (Å²) in [6.07, 6.45) is -10.5. The normalized spacial score (nSPS) is 44.2. The Morgan fingerprint density at radius 1 is 0.700 bits per heavy atom. The molecule has 3 fully saturated rings. The van der Waals surface area contributed by atoms with Crippen LogP contribution in [0.3, 0.4) is 0 Å². The zero-order valence-corrected chi connectivity index (χ0v) is 18.2. The smallest absolute Gasteiger partial charge is 0.365 e. The van der Waals surface area contributed by atoms with E-state index < -0.39 is 54.7 Å². The van der Waals surface area contributed by atoms with Crippen molar-refractivity contribution in [2.75, 3.05) is 13.2 Å². The topological polar surface area (TPSA) is 18.5 Å². The van der Waals surface area contributed by atoms with Crippen LogP contribution < -0.4 is 0 Å². The second kappa shape index (κ2) is 8.13. The van der Waals surface area contributed by atoms with E-state index in [0.717, 1.165) is 0 Å². The zero-order valence-electron chi connectivity index (χ0n) is 18.2. The fourth-order valence-electron chi connectivity index (χ4n) is 6.67. The Kier molecular flexibility index (Phi) is 6.54. The van der Waals surface area contributed by atoms with Gasteiger partial charge in [0.05, 0.1) is 0 Å². The maximum absolute atomic E-state index is 14.5. The summed E-state index contributed by atoms with van der Waals surface area (Å²) in [6.45, 7) is 6.94. The first-order valence-electron chi connectivity index (χ1n) is 11.2. The van der Waals surface area contributed by atoms with Crippen LogP contribution >= 0.6 is 0 Å². The minimum atomic E-state index is -4.90. The summed E-state index contributed by atoms with van der Waals surface area (Å²) in [5, 5.41) is 0. The number of hydrogen-bond acceptors (Lipinski definition) is 2. The van der Waals surface area contributed by atoms with Crippen molar-refractivity contribution in [1.82, 2.24) is 0 Å². The molecule has 3 aliphatic carbocycles. The molecular weight excluding hydrogens is 410 g/mol. The molecule has 0 amide bonds. The van der Waals surface area contributed by atoms with Crippen LogP contribution in [0.15, 0.2) is 0 Å². The number of hydrogen-bond donors (Lipinski definition) is 0. The highest BCUT2D eigenvalue weighted by molar-refractivity contribution is 5.13. The first-order chi connectivity index (χ1) is 13.8. The Morgan fingerprint density at radius 2 is 1.07 bits per heavy atom. The minimum Gasteiger partial charge on any atom is -0.365 e. The monoisotopic (exact) mass is 444 g/mol. The number of halogens is 6. The summed E-state index contributed by atoms with van der Waals surface area (Å²) in [5.74, 6) is -0.399. The highest BCUT2D eigenvalue weighted by Crippen LogP contribution is 2.66. The molecule has 176 valence electrons. The molecule has 0 aromatic carbocycles. The molecule has 8 heteroatoms. The van der Waals surface area contributed by atoms with Gasteiger partial charge >= 0.3 is 12.4 Å². The lowest BCUT2D eigenvalue weighted by atomic mass is 9.66. The number of alkyl halides is 6. The second-order valence-electron chi connectivity index (χ2n) is 9.88. The molecule has 2 nitrogen and oxygen atoms in total. The van der Waals surface area contributed by atoms with E-state index in [1.807, 2.05) is 13.8 Å². The van der Waals surface area contributed by atoms with Crippen LogP contribution in [0.25, 0.3) is 0 Å². The van der Waals surface area contributed by atoms with Crippen molar-refractivity contribution < 1.29 is 35.8 Å². The molecule has 30 heavy (non-hydrogen) atoms. The van der Waals surface area contributed by atoms with Gasteiger partial charge in [-0.15, -0.1) is 0 Å². The van der Waals surface area contributed by atoms with E-state index in [0.29, 0.717) is 19.3 Å². The molecule has 0 aliphatic heterocycles. The van der Waals surface area contributed by atoms with E-state index in [1.54, 1.807) is 13.8 Å². The van der Waals surface area contributed by atoms with Crippen LogP contribution in [0.2, 0.25) is 0 Å². The van der Waals surface area contributed by atoms with E-state index in [-0.39, 0.29) is 36.9 Å². The molecule has 8 atom stereocenters. The molecule has 2 bridgehead atoms. The van der Waals surface area contributed by atoms with Gasteiger partial charge in [0.15, 0.2) is 11.2 Å². The van der Waals surface area contributed by atoms with Crippen molar-refractivity contribution in [2.24, 2.45) is 35.5 Å². The van der Waals surface area contributed by atoms with Crippen molar-refractivity contribution >= 4 is 0 Å². The highest BCUT2D eigenvalue weighted by Gasteiger charge is 2.72. The predicted molar refractivity (Wildman–Crippen MR) is 101 cm³/mol. The van der Waals surface area contributed by atoms with Crippen LogP contribution in [-0.4, -0.2) is 36.8 Å². The first kappa shape index (κ1) is 24.1. The Bertz CT molecular complexity index is 555. The Morgan fingerprint density at radius 3 is 1.37 bits per heavy atom. The molecule has 0 N–H and O–H groups in total. The highest BCUT2D eigenvalue weighted by atomic mass is 19.4. The van der Waals surface area contributed by atoms with Crippen LogP contribution in [-0.2, 0) is 9.47 Å². The molecule has 8 unspecified atom stereocenters. The summed E-state index contributed by atoms with van der Waals surface area (Å²) in [6, 6.07) is 0. The van der Waals surface area contributed by atoms with Gasteiger partial charge < -0.3 is 9.47 Å². The molecule has 0 spiro atoms. The summed E-state index contributed by atoms with van der Waals surface area (Å²) in [4.78, 5) is 0. The molecule has 0 radical (unpaired) electrons. The van der Waals surface area contributed by atoms with Gasteiger partial charge in [0.2, 0.25) is 0 Å². The standard InChI is InChI=1S/C22H34F6O2/c1-5-7-29-19(21(23,24)25)10-17-15-9-16(14(4)13(15)3)18(17)11-20(12-19,22(26,27)28)30-8-6-2/h13-18H,5-12H2,1-4H3. The molecule has 0 aromatic heterocycles. The SMILES string of the molecule is CCCOC1(C(F)(F)F)CC2C3CC(C(C)C3C)C2CC(OCCC)(C(F)(F)F)C1. The third-order valence-corrected chi connectivity index (χ3v) is 8.27. The van der Waals surface area contributed by atoms with Crippen LogP contribution in [0, 0.1) is 35.5 Å². The molecular formula is C22H34F6O2. The summed E-state index contributed by atoms with van der Waals surface area (Å²) in [7, 11) is 0. The fourth-order valence-corrected chi connectivity index (χ4v) is 6.67. The van der Waals surface area contributed by atoms with E-state index in [1.165, 1.54) is 0 Å². The zero-order chi connectivity index (χ0) is 22.5. The lowest BCUT2D eigenvalue weighted by Gasteiger charge is -2.43. The van der Waals surface area contributed by atoms with Gasteiger partial charge in [-0.1, -0.05) is 27.7 Å². The summed E-state index contributed by atoms with van der Waals surface area (Å²) in [5.41, 5.74) is -5.67. The van der Waals surface area contributed by atoms with E-state index in [4.69, 9.17) is 9.47 Å². The Labute approximate surface area is 175 Å². The molecule has 3 rings (SSSR count). The van der Waals surface area contributed by atoms with Crippen molar-refractivity contribution in [2.45, 2.75) is 89.8 Å². The average Bonchev–Trinajstić information content (AvgIpc) is 3.05. The number of fused-ring (bicyclic) bond motifs is 5. The number of rotatable bonds is 6. The van der Waals surface area contributed by atoms with E-state index in [9.17, 15) is 26.3 Å². The van der Waals surface area contributed by atoms with E-state index >= 15 is 0 Å². The largest absolute Gasteiger partial charge is 0.417 e. The van der Waals surface area contributed by atoms with Crippen LogP contribution in [0.1, 0.15) is 66.2 Å². The maximum Gasteiger partial charge on any atom is 0.417 e. The van der Waals surface area contributed by atoms with Crippen molar-refractivity contribution in [1.29, 1.82) is 0 Å². The first-order valence-corrected chi connectivity index (χ1v) is 11.2. The lowest BCUT2D eigenvalue weighted by molar-refractivity contribution is -0.334. The number of ether oxygens (including phenoxy) is 2. The van der Waals surface area contributed by atoms with Crippen molar-refractivity contribution in [3.8, 4) is 0 Å². The molecule has 0 aromatic rings. The quantitative estimate of drug-likeness (QED) is 0.421. The van der Waals surface area contributed by atoms with Crippen LogP contribution in [0.5, 0.6) is 0 Å². The average molecular weight is 445 g/mol. The minimum absolute atomic E-state index is 0.0113. The summed E-state index contributed by atoms with van der Waals surface area (Å²) >= 11 is 0. The third kappa shape index (κ3) is 3.78. The molecule has 0 heterocycles. The Hall–Kier alpha value is -0.500. The van der Waals surface area contributed by atoms with E-state index in [2.05, 4.69) is 0 Å². The third-order valence-electron chi connectivity index (χ3n) is 8.27. The van der Waals surface area contributed by atoms with Gasteiger partial charge in [-0.25, -0.2) is 0 Å². The fraction of sp³-hybridized carbons (Fsp3) is 1.00. The molecule has 0 saturated heterocycles. The lowest BCUT2D eigenvalue weighted by Crippen LogP contribution is -2.58. The second-order valence-corrected chi connectivity index (χ2v) is 9.88. The van der Waals surface area contributed by atoms with Gasteiger partial charge in [-0.05, 0) is 67.6 Å². The van der Waals surface area contributed by atoms with Crippen molar-refractivity contribution in [3.63, 3.8) is 0 Å². The molecule has 3 aliphatic rings. The van der Waals surface area contributed by atoms with Gasteiger partial charge in [-0.3, -0.25) is 0 Å². The van der Waals surface area contributed by atoms with Crippen LogP contribution in [0.4, 0.5) is 26.3 Å². The van der Waals surface area contributed by atoms with Gasteiger partial charge in [0.1, 0.15) is 0 Å². The van der Waals surface area contributed by atoms with Gasteiger partial charge in [-0.2, -0.15) is 26.3 Å². The van der Waals surface area contributed by atoms with Gasteiger partial charge in [0.25, 0.3) is 0 Å². The van der Waals surface area contributed by atoms with Crippen molar-refractivity contribution in [3.05, 3.63) is 0 Å². The molecule has 3 saturated carbocycles. The Balaban J connectivity index is 2.13. The van der Waals surface area contributed by atoms with Gasteiger partial charge in [0, 0.05) is 19.6 Å². The maximum atomic E-state index is 14.5. The predicted octanol–water partition coefficient (Wildman–Crippen LogP) is 6.78. The summed E-state index contributed by atoms with van der Waals surface area (Å²) < 4.78 is 97.6.